The molecule has 1 aliphatic heterocycles. The fraction of sp³-hybridized carbons (Fsp3) is 0.900. The molecular weight excluding hydrogens is 371 g/mol. The van der Waals surface area contributed by atoms with Gasteiger partial charge in [-0.2, -0.15) is 12.7 Å². The maximum Gasteiger partial charge on any atom is 0.319 e. The quantitative estimate of drug-likeness (QED) is 0.426. The molecule has 0 bridgehead atoms. The molecule has 0 amide bonds. The summed E-state index contributed by atoms with van der Waals surface area (Å²) in [7, 11) is -2.18. The van der Waals surface area contributed by atoms with E-state index in [4.69, 9.17) is 0 Å². The third kappa shape index (κ3) is 4.98. The average molecular weight is 390 g/mol. The summed E-state index contributed by atoms with van der Waals surface area (Å²) in [5.74, 6) is -0.422. The number of carbonyl (C=O) groups is 1. The number of halogens is 1. The Balaban J connectivity index is 2.50. The van der Waals surface area contributed by atoms with Crippen molar-refractivity contribution in [2.45, 2.75) is 29.6 Å². The maximum atomic E-state index is 12.0. The molecule has 1 atom stereocenters. The number of hydrogen-bond acceptors (Lipinski definition) is 4. The molecule has 0 spiro atoms. The summed E-state index contributed by atoms with van der Waals surface area (Å²) in [6.45, 7) is 1.17. The van der Waals surface area contributed by atoms with Crippen molar-refractivity contribution in [2.75, 3.05) is 26.7 Å². The first-order valence-electron chi connectivity index (χ1n) is 5.94. The Morgan fingerprint density at radius 2 is 1.89 bits per heavy atom. The third-order valence-corrected chi connectivity index (χ3v) is 5.33. The van der Waals surface area contributed by atoms with Gasteiger partial charge in [0.2, 0.25) is 0 Å². The van der Waals surface area contributed by atoms with Crippen molar-refractivity contribution in [3.8, 4) is 0 Å². The summed E-state index contributed by atoms with van der Waals surface area (Å²) in [6, 6.07) is 0. The lowest BCUT2D eigenvalue weighted by molar-refractivity contribution is -0.139. The van der Waals surface area contributed by atoms with Crippen LogP contribution in [-0.2, 0) is 19.7 Å². The maximum absolute atomic E-state index is 12.0. The van der Waals surface area contributed by atoms with Gasteiger partial charge < -0.3 is 4.74 Å². The van der Waals surface area contributed by atoms with Crippen molar-refractivity contribution in [1.29, 1.82) is 0 Å². The van der Waals surface area contributed by atoms with E-state index in [2.05, 4.69) is 9.46 Å². The molecule has 6 nitrogen and oxygen atoms in total. The lowest BCUT2D eigenvalue weighted by Crippen LogP contribution is -2.44. The predicted molar refractivity (Wildman–Crippen MR) is 76.8 cm³/mol. The van der Waals surface area contributed by atoms with Gasteiger partial charge in [-0.25, -0.2) is 4.72 Å². The number of ether oxygens (including phenoxy) is 1. The van der Waals surface area contributed by atoms with Crippen molar-refractivity contribution in [3.63, 3.8) is 0 Å². The summed E-state index contributed by atoms with van der Waals surface area (Å²) in [5, 5.41) is 0. The van der Waals surface area contributed by atoms with Gasteiger partial charge >= 0.3 is 5.97 Å². The number of carbonyl (C=O) groups excluding carboxylic acids is 1. The van der Waals surface area contributed by atoms with Gasteiger partial charge in [0.1, 0.15) is 3.92 Å². The van der Waals surface area contributed by atoms with Gasteiger partial charge in [0.15, 0.2) is 0 Å². The molecule has 18 heavy (non-hydrogen) atoms. The molecular formula is C10H19IN2O4S. The van der Waals surface area contributed by atoms with E-state index < -0.39 is 20.1 Å². The van der Waals surface area contributed by atoms with Crippen molar-refractivity contribution < 1.29 is 17.9 Å². The molecule has 1 unspecified atom stereocenters. The average Bonchev–Trinajstić information content (AvgIpc) is 2.64. The van der Waals surface area contributed by atoms with E-state index in [0.717, 1.165) is 25.7 Å². The van der Waals surface area contributed by atoms with Crippen LogP contribution in [0.25, 0.3) is 0 Å². The minimum Gasteiger partial charge on any atom is -0.468 e. The number of nitrogens with one attached hydrogen (secondary N) is 1. The van der Waals surface area contributed by atoms with Crippen LogP contribution in [-0.4, -0.2) is 49.4 Å². The number of alkyl halides is 1. The van der Waals surface area contributed by atoms with E-state index in [1.54, 1.807) is 0 Å². The topological polar surface area (TPSA) is 75.7 Å². The van der Waals surface area contributed by atoms with E-state index in [1.807, 2.05) is 22.6 Å². The molecule has 1 heterocycles. The molecule has 1 aliphatic rings. The van der Waals surface area contributed by atoms with Crippen LogP contribution in [0.2, 0.25) is 0 Å². The van der Waals surface area contributed by atoms with Crippen LogP contribution in [0.5, 0.6) is 0 Å². The minimum absolute atomic E-state index is 0.0616. The zero-order valence-corrected chi connectivity index (χ0v) is 13.4. The summed E-state index contributed by atoms with van der Waals surface area (Å²) < 4.78 is 32.0. The van der Waals surface area contributed by atoms with Crippen molar-refractivity contribution >= 4 is 38.8 Å². The number of methoxy groups -OCH3 is 1. The molecule has 1 rings (SSSR count). The second-order valence-electron chi connectivity index (χ2n) is 4.16. The molecule has 1 fully saturated rings. The zero-order valence-electron chi connectivity index (χ0n) is 10.4. The Bertz CT molecular complexity index is 366. The molecule has 1 N–H and O–H groups in total. The van der Waals surface area contributed by atoms with E-state index in [0.29, 0.717) is 13.1 Å². The minimum atomic E-state index is -3.47. The summed E-state index contributed by atoms with van der Waals surface area (Å²) in [4.78, 5) is 11.2. The molecule has 0 aromatic carbocycles. The molecule has 0 aliphatic carbocycles. The first kappa shape index (κ1) is 16.1. The Kier molecular flexibility index (Phi) is 6.82. The van der Waals surface area contributed by atoms with Gasteiger partial charge in [0.05, 0.1) is 7.11 Å². The SMILES string of the molecule is COC(=O)C(I)CNS(=O)(=O)N1CCCCCC1. The van der Waals surface area contributed by atoms with Crippen LogP contribution in [0.3, 0.4) is 0 Å². The van der Waals surface area contributed by atoms with Crippen molar-refractivity contribution in [1.82, 2.24) is 9.03 Å². The second kappa shape index (κ2) is 7.61. The lowest BCUT2D eigenvalue weighted by atomic mass is 10.2. The van der Waals surface area contributed by atoms with Crippen LogP contribution in [0.1, 0.15) is 25.7 Å². The molecule has 1 saturated heterocycles. The fourth-order valence-corrected chi connectivity index (χ4v) is 3.84. The van der Waals surface area contributed by atoms with E-state index in [1.165, 1.54) is 11.4 Å². The Morgan fingerprint density at radius 1 is 1.33 bits per heavy atom. The molecule has 8 heteroatoms. The molecule has 0 aromatic heterocycles. The van der Waals surface area contributed by atoms with Crippen molar-refractivity contribution in [3.05, 3.63) is 0 Å². The largest absolute Gasteiger partial charge is 0.468 e. The molecule has 0 aromatic rings. The second-order valence-corrected chi connectivity index (χ2v) is 7.42. The third-order valence-electron chi connectivity index (χ3n) is 2.81. The van der Waals surface area contributed by atoms with Crippen LogP contribution in [0.4, 0.5) is 0 Å². The number of rotatable bonds is 5. The van der Waals surface area contributed by atoms with Crippen LogP contribution < -0.4 is 4.72 Å². The normalized spacial score (nSPS) is 20.1. The zero-order chi connectivity index (χ0) is 13.6. The van der Waals surface area contributed by atoms with Crippen LogP contribution >= 0.6 is 22.6 Å². The predicted octanol–water partition coefficient (Wildman–Crippen LogP) is 0.673. The monoisotopic (exact) mass is 390 g/mol. The van der Waals surface area contributed by atoms with Gasteiger partial charge in [0, 0.05) is 19.6 Å². The number of hydrogen-bond donors (Lipinski definition) is 1. The van der Waals surface area contributed by atoms with Gasteiger partial charge in [-0.1, -0.05) is 35.4 Å². The fourth-order valence-electron chi connectivity index (χ4n) is 1.76. The highest BCUT2D eigenvalue weighted by atomic mass is 127. The van der Waals surface area contributed by atoms with E-state index >= 15 is 0 Å². The van der Waals surface area contributed by atoms with Gasteiger partial charge in [-0.05, 0) is 12.8 Å². The lowest BCUT2D eigenvalue weighted by Gasteiger charge is -2.20. The first-order chi connectivity index (χ1) is 8.47. The standard InChI is InChI=1S/C10H19IN2O4S/c1-17-10(14)9(11)8-12-18(15,16)13-6-4-2-3-5-7-13/h9,12H,2-8H2,1H3. The highest BCUT2D eigenvalue weighted by molar-refractivity contribution is 14.1. The molecule has 0 radical (unpaired) electrons. The molecule has 0 saturated carbocycles. The van der Waals surface area contributed by atoms with E-state index in [-0.39, 0.29) is 6.54 Å². The number of nitrogens with zero attached hydrogens (tertiary/aromatic N) is 1. The Hall–Kier alpha value is 0.0700. The van der Waals surface area contributed by atoms with Gasteiger partial charge in [-0.3, -0.25) is 4.79 Å². The summed E-state index contributed by atoms with van der Waals surface area (Å²) >= 11 is 1.87. The first-order valence-corrected chi connectivity index (χ1v) is 8.62. The van der Waals surface area contributed by atoms with Crippen LogP contribution in [0, 0.1) is 0 Å². The highest BCUT2D eigenvalue weighted by Gasteiger charge is 2.25. The number of esters is 1. The van der Waals surface area contributed by atoms with Crippen molar-refractivity contribution in [2.24, 2.45) is 0 Å². The van der Waals surface area contributed by atoms with E-state index in [9.17, 15) is 13.2 Å². The summed E-state index contributed by atoms with van der Waals surface area (Å²) in [6.07, 6.45) is 3.93. The van der Waals surface area contributed by atoms with Gasteiger partial charge in [-0.15, -0.1) is 0 Å². The molecule has 106 valence electrons. The van der Waals surface area contributed by atoms with Crippen LogP contribution in [0.15, 0.2) is 0 Å². The Morgan fingerprint density at radius 3 is 2.39 bits per heavy atom. The van der Waals surface area contributed by atoms with Gasteiger partial charge in [0.25, 0.3) is 10.2 Å². The highest BCUT2D eigenvalue weighted by Crippen LogP contribution is 2.12. The Labute approximate surface area is 122 Å². The summed E-state index contributed by atoms with van der Waals surface area (Å²) in [5.41, 5.74) is 0. The smallest absolute Gasteiger partial charge is 0.319 e.